The number of ether oxygens (including phenoxy) is 1. The Kier molecular flexibility index (Phi) is 5.87. The number of alkyl carbamates (subject to hydrolysis) is 1. The van der Waals surface area contributed by atoms with Gasteiger partial charge in [-0.3, -0.25) is 4.79 Å². The third-order valence-electron chi connectivity index (χ3n) is 1.81. The van der Waals surface area contributed by atoms with Crippen molar-refractivity contribution in [1.82, 2.24) is 5.32 Å². The van der Waals surface area contributed by atoms with Crippen LogP contribution in [0.1, 0.15) is 20.3 Å². The molecular weight excluding hydrogens is 186 g/mol. The van der Waals surface area contributed by atoms with Crippen LogP contribution >= 0.6 is 0 Å². The summed E-state index contributed by atoms with van der Waals surface area (Å²) in [6.07, 6.45) is -0.441. The largest absolute Gasteiger partial charge is 0.453 e. The Morgan fingerprint density at radius 1 is 1.43 bits per heavy atom. The summed E-state index contributed by atoms with van der Waals surface area (Å²) < 4.78 is 4.37. The van der Waals surface area contributed by atoms with Gasteiger partial charge in [0.05, 0.1) is 13.2 Å². The zero-order valence-electron chi connectivity index (χ0n) is 8.74. The molecule has 0 spiro atoms. The van der Waals surface area contributed by atoms with Gasteiger partial charge in [0.2, 0.25) is 0 Å². The van der Waals surface area contributed by atoms with E-state index in [1.165, 1.54) is 7.11 Å². The molecule has 82 valence electrons. The minimum absolute atomic E-state index is 0.107. The third kappa shape index (κ3) is 4.23. The molecule has 0 rings (SSSR count). The molecular formula is C9H17NO4. The summed E-state index contributed by atoms with van der Waals surface area (Å²) >= 11 is 0. The summed E-state index contributed by atoms with van der Waals surface area (Å²) in [5, 5.41) is 11.1. The Morgan fingerprint density at radius 3 is 2.36 bits per heavy atom. The van der Waals surface area contributed by atoms with Gasteiger partial charge in [0.25, 0.3) is 0 Å². The first-order valence-corrected chi connectivity index (χ1v) is 4.52. The van der Waals surface area contributed by atoms with Crippen molar-refractivity contribution in [2.45, 2.75) is 26.3 Å². The van der Waals surface area contributed by atoms with Gasteiger partial charge >= 0.3 is 6.09 Å². The number of Topliss-reactive ketones (excluding diaryl/α,β-unsaturated/α-hetero) is 1. The molecule has 0 aromatic carbocycles. The second-order valence-electron chi connectivity index (χ2n) is 3.26. The maximum Gasteiger partial charge on any atom is 0.407 e. The Hall–Kier alpha value is -1.10. The van der Waals surface area contributed by atoms with Crippen LogP contribution in [0.2, 0.25) is 0 Å². The molecule has 0 saturated carbocycles. The first-order chi connectivity index (χ1) is 6.52. The van der Waals surface area contributed by atoms with Crippen molar-refractivity contribution >= 4 is 11.9 Å². The molecule has 0 heterocycles. The topological polar surface area (TPSA) is 75.6 Å². The van der Waals surface area contributed by atoms with Crippen molar-refractivity contribution in [3.05, 3.63) is 0 Å². The molecule has 1 amide bonds. The van der Waals surface area contributed by atoms with E-state index in [9.17, 15) is 9.59 Å². The van der Waals surface area contributed by atoms with E-state index in [1.54, 1.807) is 13.8 Å². The zero-order valence-corrected chi connectivity index (χ0v) is 8.74. The second kappa shape index (κ2) is 6.37. The molecule has 0 aliphatic carbocycles. The fourth-order valence-electron chi connectivity index (χ4n) is 1.02. The minimum atomic E-state index is -0.660. The van der Waals surface area contributed by atoms with Gasteiger partial charge in [-0.1, -0.05) is 13.8 Å². The van der Waals surface area contributed by atoms with E-state index in [-0.39, 0.29) is 24.7 Å². The van der Waals surface area contributed by atoms with Gasteiger partial charge in [-0.15, -0.1) is 0 Å². The quantitative estimate of drug-likeness (QED) is 0.674. The van der Waals surface area contributed by atoms with Crippen LogP contribution in [0.25, 0.3) is 0 Å². The molecule has 1 unspecified atom stereocenters. The number of hydrogen-bond acceptors (Lipinski definition) is 4. The number of carbonyl (C=O) groups is 2. The summed E-state index contributed by atoms with van der Waals surface area (Å²) in [5.74, 6) is -0.284. The molecule has 14 heavy (non-hydrogen) atoms. The molecule has 2 N–H and O–H groups in total. The number of methoxy groups -OCH3 is 1. The van der Waals surface area contributed by atoms with Gasteiger partial charge in [0, 0.05) is 12.5 Å². The predicted octanol–water partition coefficient (Wildman–Crippen LogP) is 0.319. The van der Waals surface area contributed by atoms with Crippen LogP contribution in [0.5, 0.6) is 0 Å². The summed E-state index contributed by atoms with van der Waals surface area (Å²) in [4.78, 5) is 22.4. The SMILES string of the molecule is COC(=O)NC(CCO)C(=O)C(C)C. The molecule has 0 saturated heterocycles. The Balaban J connectivity index is 4.28. The van der Waals surface area contributed by atoms with E-state index in [2.05, 4.69) is 10.1 Å². The normalized spacial score (nSPS) is 12.4. The molecule has 0 aromatic rings. The number of amides is 1. The molecule has 0 radical (unpaired) electrons. The Bertz CT molecular complexity index is 203. The van der Waals surface area contributed by atoms with E-state index in [0.717, 1.165) is 0 Å². The first kappa shape index (κ1) is 12.9. The lowest BCUT2D eigenvalue weighted by Crippen LogP contribution is -2.43. The molecule has 0 aliphatic rings. The van der Waals surface area contributed by atoms with Crippen LogP contribution in [-0.2, 0) is 9.53 Å². The highest BCUT2D eigenvalue weighted by atomic mass is 16.5. The zero-order chi connectivity index (χ0) is 11.1. The molecule has 1 atom stereocenters. The average molecular weight is 203 g/mol. The van der Waals surface area contributed by atoms with Crippen LogP contribution in [0, 0.1) is 5.92 Å². The standard InChI is InChI=1S/C9H17NO4/c1-6(2)8(12)7(4-5-11)10-9(13)14-3/h6-7,11H,4-5H2,1-3H3,(H,10,13). The fraction of sp³-hybridized carbons (Fsp3) is 0.778. The highest BCUT2D eigenvalue weighted by molar-refractivity contribution is 5.88. The van der Waals surface area contributed by atoms with Crippen molar-refractivity contribution in [1.29, 1.82) is 0 Å². The number of aliphatic hydroxyl groups is 1. The van der Waals surface area contributed by atoms with Gasteiger partial charge in [0.15, 0.2) is 5.78 Å². The van der Waals surface area contributed by atoms with Crippen molar-refractivity contribution in [3.8, 4) is 0 Å². The minimum Gasteiger partial charge on any atom is -0.453 e. The van der Waals surface area contributed by atoms with E-state index < -0.39 is 12.1 Å². The van der Waals surface area contributed by atoms with Crippen molar-refractivity contribution < 1.29 is 19.4 Å². The van der Waals surface area contributed by atoms with Gasteiger partial charge in [-0.25, -0.2) is 4.79 Å². The maximum atomic E-state index is 11.5. The smallest absolute Gasteiger partial charge is 0.407 e. The summed E-state index contributed by atoms with van der Waals surface area (Å²) in [7, 11) is 1.23. The molecule has 5 nitrogen and oxygen atoms in total. The average Bonchev–Trinajstić information content (AvgIpc) is 2.15. The summed E-state index contributed by atoms with van der Waals surface area (Å²) in [6, 6.07) is -0.660. The van der Waals surface area contributed by atoms with Crippen LogP contribution in [0.4, 0.5) is 4.79 Å². The number of aliphatic hydroxyl groups excluding tert-OH is 1. The van der Waals surface area contributed by atoms with Crippen LogP contribution in [0.3, 0.4) is 0 Å². The van der Waals surface area contributed by atoms with Crippen molar-refractivity contribution in [3.63, 3.8) is 0 Å². The molecule has 5 heteroatoms. The van der Waals surface area contributed by atoms with Crippen molar-refractivity contribution in [2.24, 2.45) is 5.92 Å². The number of hydrogen-bond donors (Lipinski definition) is 2. The highest BCUT2D eigenvalue weighted by Gasteiger charge is 2.22. The summed E-state index contributed by atoms with van der Waals surface area (Å²) in [5.41, 5.74) is 0. The van der Waals surface area contributed by atoms with Gasteiger partial charge in [-0.05, 0) is 6.42 Å². The lowest BCUT2D eigenvalue weighted by molar-refractivity contribution is -0.124. The number of rotatable bonds is 5. The molecule has 0 aliphatic heterocycles. The molecule has 0 fully saturated rings. The van der Waals surface area contributed by atoms with Gasteiger partial charge < -0.3 is 15.2 Å². The van der Waals surface area contributed by atoms with E-state index in [0.29, 0.717) is 0 Å². The highest BCUT2D eigenvalue weighted by Crippen LogP contribution is 2.03. The Labute approximate surface area is 83.4 Å². The van der Waals surface area contributed by atoms with E-state index in [4.69, 9.17) is 5.11 Å². The Morgan fingerprint density at radius 2 is 2.00 bits per heavy atom. The summed E-state index contributed by atoms with van der Waals surface area (Å²) in [6.45, 7) is 3.34. The monoisotopic (exact) mass is 203 g/mol. The second-order valence-corrected chi connectivity index (χ2v) is 3.26. The van der Waals surface area contributed by atoms with Gasteiger partial charge in [0.1, 0.15) is 0 Å². The third-order valence-corrected chi connectivity index (χ3v) is 1.81. The lowest BCUT2D eigenvalue weighted by Gasteiger charge is -2.17. The van der Waals surface area contributed by atoms with E-state index >= 15 is 0 Å². The number of nitrogens with one attached hydrogen (secondary N) is 1. The van der Waals surface area contributed by atoms with Crippen LogP contribution < -0.4 is 5.32 Å². The fourth-order valence-corrected chi connectivity index (χ4v) is 1.02. The predicted molar refractivity (Wildman–Crippen MR) is 50.9 cm³/mol. The first-order valence-electron chi connectivity index (χ1n) is 4.52. The van der Waals surface area contributed by atoms with Crippen LogP contribution in [0.15, 0.2) is 0 Å². The molecule has 0 aromatic heterocycles. The van der Waals surface area contributed by atoms with Gasteiger partial charge in [-0.2, -0.15) is 0 Å². The van der Waals surface area contributed by atoms with Crippen LogP contribution in [-0.4, -0.2) is 36.7 Å². The van der Waals surface area contributed by atoms with E-state index in [1.807, 2.05) is 0 Å². The van der Waals surface area contributed by atoms with Crippen molar-refractivity contribution in [2.75, 3.05) is 13.7 Å². The maximum absolute atomic E-state index is 11.5. The number of carbonyl (C=O) groups excluding carboxylic acids is 2. The lowest BCUT2D eigenvalue weighted by atomic mass is 10.00. The number of ketones is 1. The molecule has 0 bridgehead atoms.